The van der Waals surface area contributed by atoms with Crippen molar-refractivity contribution in [1.29, 1.82) is 0 Å². The average molecular weight is 352 g/mol. The predicted molar refractivity (Wildman–Crippen MR) is 81.4 cm³/mol. The van der Waals surface area contributed by atoms with Crippen LogP contribution >= 0.6 is 34.2 Å². The van der Waals surface area contributed by atoms with E-state index in [-0.39, 0.29) is 0 Å². The van der Waals surface area contributed by atoms with E-state index in [0.29, 0.717) is 6.04 Å². The van der Waals surface area contributed by atoms with E-state index in [2.05, 4.69) is 47.8 Å². The number of nitrogens with one attached hydrogen (secondary N) is 1. The molecular formula is C13H19ClIN. The molecule has 1 unspecified atom stereocenters. The highest BCUT2D eigenvalue weighted by atomic mass is 127. The summed E-state index contributed by atoms with van der Waals surface area (Å²) in [6, 6.07) is 6.59. The minimum Gasteiger partial charge on any atom is -0.381 e. The molecule has 0 amide bonds. The molecule has 0 heterocycles. The van der Waals surface area contributed by atoms with Crippen LogP contribution in [0.15, 0.2) is 18.2 Å². The summed E-state index contributed by atoms with van der Waals surface area (Å²) in [6.45, 7) is 4.47. The van der Waals surface area contributed by atoms with E-state index in [1.807, 2.05) is 12.1 Å². The molecule has 0 aliphatic heterocycles. The van der Waals surface area contributed by atoms with Gasteiger partial charge in [-0.25, -0.2) is 0 Å². The number of unbranched alkanes of at least 4 members (excludes halogenated alkanes) is 1. The van der Waals surface area contributed by atoms with Gasteiger partial charge in [-0.3, -0.25) is 0 Å². The molecule has 1 N–H and O–H groups in total. The van der Waals surface area contributed by atoms with Gasteiger partial charge in [-0.1, -0.05) is 38.3 Å². The van der Waals surface area contributed by atoms with Crippen LogP contribution in [0.2, 0.25) is 5.02 Å². The Hall–Kier alpha value is 0.0400. The third-order valence-electron chi connectivity index (χ3n) is 2.69. The Morgan fingerprint density at radius 3 is 2.69 bits per heavy atom. The first-order chi connectivity index (χ1) is 7.67. The van der Waals surface area contributed by atoms with E-state index in [1.54, 1.807) is 0 Å². The summed E-state index contributed by atoms with van der Waals surface area (Å²) in [5.74, 6) is 0. The summed E-state index contributed by atoms with van der Waals surface area (Å²) in [7, 11) is 0. The fourth-order valence-corrected chi connectivity index (χ4v) is 2.68. The first-order valence-corrected chi connectivity index (χ1v) is 7.34. The van der Waals surface area contributed by atoms with Gasteiger partial charge >= 0.3 is 0 Å². The highest BCUT2D eigenvalue weighted by molar-refractivity contribution is 14.1. The van der Waals surface area contributed by atoms with Crippen LogP contribution in [0.25, 0.3) is 0 Å². The number of rotatable bonds is 6. The van der Waals surface area contributed by atoms with Gasteiger partial charge in [0.05, 0.1) is 0 Å². The zero-order chi connectivity index (χ0) is 12.0. The van der Waals surface area contributed by atoms with E-state index < -0.39 is 0 Å². The summed E-state index contributed by atoms with van der Waals surface area (Å²) < 4.78 is 1.19. The summed E-state index contributed by atoms with van der Waals surface area (Å²) >= 11 is 8.26. The van der Waals surface area contributed by atoms with Gasteiger partial charge in [0.1, 0.15) is 0 Å². The SMILES string of the molecule is CCCCC(CC)Nc1ccc(Cl)cc1I. The minimum atomic E-state index is 0.578. The van der Waals surface area contributed by atoms with Crippen LogP contribution in [0, 0.1) is 3.57 Å². The lowest BCUT2D eigenvalue weighted by molar-refractivity contribution is 0.593. The smallest absolute Gasteiger partial charge is 0.0479 e. The zero-order valence-electron chi connectivity index (χ0n) is 9.89. The summed E-state index contributed by atoms with van der Waals surface area (Å²) in [5.41, 5.74) is 1.20. The van der Waals surface area contributed by atoms with Crippen LogP contribution in [0.5, 0.6) is 0 Å². The van der Waals surface area contributed by atoms with E-state index in [9.17, 15) is 0 Å². The maximum absolute atomic E-state index is 5.94. The number of anilines is 1. The maximum Gasteiger partial charge on any atom is 0.0479 e. The van der Waals surface area contributed by atoms with E-state index in [1.165, 1.54) is 34.9 Å². The first-order valence-electron chi connectivity index (χ1n) is 5.89. The summed E-state index contributed by atoms with van der Waals surface area (Å²) in [4.78, 5) is 0. The highest BCUT2D eigenvalue weighted by Crippen LogP contribution is 2.24. The summed E-state index contributed by atoms with van der Waals surface area (Å²) in [6.07, 6.45) is 4.95. The standard InChI is InChI=1S/C13H19ClIN/c1-3-5-6-11(4-2)16-13-8-7-10(14)9-12(13)15/h7-9,11,16H,3-6H2,1-2H3. The molecule has 1 aromatic rings. The van der Waals surface area contributed by atoms with Gasteiger partial charge in [-0.05, 0) is 53.6 Å². The van der Waals surface area contributed by atoms with Crippen LogP contribution in [-0.4, -0.2) is 6.04 Å². The molecule has 90 valence electrons. The molecule has 0 aliphatic carbocycles. The van der Waals surface area contributed by atoms with Gasteiger partial charge in [0, 0.05) is 20.3 Å². The Kier molecular flexibility index (Phi) is 6.51. The molecule has 0 saturated heterocycles. The van der Waals surface area contributed by atoms with Gasteiger partial charge in [0.25, 0.3) is 0 Å². The fourth-order valence-electron chi connectivity index (χ4n) is 1.66. The van der Waals surface area contributed by atoms with Crippen LogP contribution in [0.4, 0.5) is 5.69 Å². The Bertz CT molecular complexity index is 328. The molecule has 0 bridgehead atoms. The minimum absolute atomic E-state index is 0.578. The van der Waals surface area contributed by atoms with E-state index >= 15 is 0 Å². The Morgan fingerprint density at radius 2 is 2.12 bits per heavy atom. The van der Waals surface area contributed by atoms with Gasteiger partial charge < -0.3 is 5.32 Å². The lowest BCUT2D eigenvalue weighted by Crippen LogP contribution is -2.18. The third kappa shape index (κ3) is 4.50. The fraction of sp³-hybridized carbons (Fsp3) is 0.538. The second-order valence-corrected chi connectivity index (χ2v) is 5.61. The van der Waals surface area contributed by atoms with Crippen molar-refractivity contribution in [3.8, 4) is 0 Å². The first kappa shape index (κ1) is 14.1. The quantitative estimate of drug-likeness (QED) is 0.683. The number of halogens is 2. The monoisotopic (exact) mass is 351 g/mol. The number of hydrogen-bond acceptors (Lipinski definition) is 1. The molecule has 16 heavy (non-hydrogen) atoms. The topological polar surface area (TPSA) is 12.0 Å². The van der Waals surface area contributed by atoms with Crippen molar-refractivity contribution in [1.82, 2.24) is 0 Å². The molecule has 0 fully saturated rings. The molecule has 0 saturated carbocycles. The lowest BCUT2D eigenvalue weighted by Gasteiger charge is -2.19. The van der Waals surface area contributed by atoms with Crippen LogP contribution in [0.1, 0.15) is 39.5 Å². The number of benzene rings is 1. The molecule has 0 radical (unpaired) electrons. The second-order valence-electron chi connectivity index (χ2n) is 4.02. The molecule has 0 aromatic heterocycles. The second kappa shape index (κ2) is 7.38. The van der Waals surface area contributed by atoms with Crippen molar-refractivity contribution in [2.24, 2.45) is 0 Å². The largest absolute Gasteiger partial charge is 0.381 e. The molecule has 1 rings (SSSR count). The normalized spacial score (nSPS) is 12.5. The van der Waals surface area contributed by atoms with Crippen molar-refractivity contribution >= 4 is 39.9 Å². The van der Waals surface area contributed by atoms with Crippen molar-refractivity contribution in [2.75, 3.05) is 5.32 Å². The molecule has 0 aliphatic rings. The predicted octanol–water partition coefficient (Wildman–Crippen LogP) is 5.33. The van der Waals surface area contributed by atoms with Crippen LogP contribution in [-0.2, 0) is 0 Å². The van der Waals surface area contributed by atoms with Gasteiger partial charge in [-0.15, -0.1) is 0 Å². The highest BCUT2D eigenvalue weighted by Gasteiger charge is 2.07. The maximum atomic E-state index is 5.94. The Labute approximate surface area is 117 Å². The van der Waals surface area contributed by atoms with E-state index in [4.69, 9.17) is 11.6 Å². The molecule has 1 atom stereocenters. The number of hydrogen-bond donors (Lipinski definition) is 1. The zero-order valence-corrected chi connectivity index (χ0v) is 12.8. The van der Waals surface area contributed by atoms with Gasteiger partial charge in [0.15, 0.2) is 0 Å². The van der Waals surface area contributed by atoms with Crippen LogP contribution < -0.4 is 5.32 Å². The van der Waals surface area contributed by atoms with Gasteiger partial charge in [-0.2, -0.15) is 0 Å². The van der Waals surface area contributed by atoms with Crippen molar-refractivity contribution in [3.05, 3.63) is 26.8 Å². The molecular weight excluding hydrogens is 333 g/mol. The Balaban J connectivity index is 2.62. The third-order valence-corrected chi connectivity index (χ3v) is 3.82. The molecule has 0 spiro atoms. The summed E-state index contributed by atoms with van der Waals surface area (Å²) in [5, 5.41) is 4.40. The molecule has 3 heteroatoms. The van der Waals surface area contributed by atoms with E-state index in [0.717, 1.165) is 5.02 Å². The molecule has 1 aromatic carbocycles. The van der Waals surface area contributed by atoms with Crippen molar-refractivity contribution in [3.63, 3.8) is 0 Å². The average Bonchev–Trinajstić information content (AvgIpc) is 2.27. The van der Waals surface area contributed by atoms with Crippen LogP contribution in [0.3, 0.4) is 0 Å². The Morgan fingerprint density at radius 1 is 1.38 bits per heavy atom. The lowest BCUT2D eigenvalue weighted by atomic mass is 10.1. The van der Waals surface area contributed by atoms with Gasteiger partial charge in [0.2, 0.25) is 0 Å². The van der Waals surface area contributed by atoms with Crippen molar-refractivity contribution in [2.45, 2.75) is 45.6 Å². The molecule has 1 nitrogen and oxygen atoms in total. The van der Waals surface area contributed by atoms with Crippen molar-refractivity contribution < 1.29 is 0 Å².